The van der Waals surface area contributed by atoms with Gasteiger partial charge in [0.05, 0.1) is 5.54 Å². The van der Waals surface area contributed by atoms with Gasteiger partial charge in [0.25, 0.3) is 0 Å². The van der Waals surface area contributed by atoms with E-state index in [4.69, 9.17) is 0 Å². The lowest BCUT2D eigenvalue weighted by molar-refractivity contribution is 0.187. The molecule has 0 saturated heterocycles. The van der Waals surface area contributed by atoms with Crippen molar-refractivity contribution in [1.82, 2.24) is 0 Å². The van der Waals surface area contributed by atoms with Crippen molar-refractivity contribution in [3.05, 3.63) is 0 Å². The lowest BCUT2D eigenvalue weighted by atomic mass is 9.69. The maximum absolute atomic E-state index is 4.67. The van der Waals surface area contributed by atoms with Crippen LogP contribution < -0.4 is 0 Å². The van der Waals surface area contributed by atoms with Crippen molar-refractivity contribution in [1.29, 1.82) is 0 Å². The van der Waals surface area contributed by atoms with Crippen LogP contribution in [0.4, 0.5) is 0 Å². The molecule has 1 atom stereocenters. The lowest BCUT2D eigenvalue weighted by Gasteiger charge is -2.36. The molecule has 1 unspecified atom stereocenters. The maximum atomic E-state index is 4.67. The predicted octanol–water partition coefficient (Wildman–Crippen LogP) is 2.90. The Morgan fingerprint density at radius 3 is 1.73 bits per heavy atom. The Hall–Kier alpha value is -0.330. The van der Waals surface area contributed by atoms with Crippen LogP contribution in [0.1, 0.15) is 41.5 Å². The molecule has 1 aliphatic heterocycles. The van der Waals surface area contributed by atoms with Crippen LogP contribution in [-0.2, 0) is 0 Å². The van der Waals surface area contributed by atoms with Gasteiger partial charge in [-0.15, -0.1) is 0 Å². The Morgan fingerprint density at radius 1 is 1.18 bits per heavy atom. The lowest BCUT2D eigenvalue weighted by Crippen LogP contribution is -2.37. The van der Waals surface area contributed by atoms with E-state index in [2.05, 4.69) is 46.5 Å². The van der Waals surface area contributed by atoms with E-state index in [0.29, 0.717) is 11.3 Å². The van der Waals surface area contributed by atoms with E-state index in [1.54, 1.807) is 0 Å². The highest BCUT2D eigenvalue weighted by Gasteiger charge is 2.46. The molecule has 64 valence electrons. The third-order valence-corrected chi connectivity index (χ3v) is 3.74. The first-order valence-corrected chi connectivity index (χ1v) is 4.35. The first-order valence-electron chi connectivity index (χ1n) is 4.35. The molecule has 0 amide bonds. The Kier molecular flexibility index (Phi) is 1.66. The van der Waals surface area contributed by atoms with Crippen LogP contribution >= 0.6 is 0 Å². The summed E-state index contributed by atoms with van der Waals surface area (Å²) in [4.78, 5) is 4.67. The molecule has 1 aliphatic rings. The molecule has 1 nitrogen and oxygen atoms in total. The zero-order valence-corrected chi connectivity index (χ0v) is 8.52. The molecule has 0 fully saturated rings. The van der Waals surface area contributed by atoms with Crippen LogP contribution in [0.25, 0.3) is 0 Å². The summed E-state index contributed by atoms with van der Waals surface area (Å²) in [5.41, 5.74) is 1.74. The Balaban J connectivity index is 3.05. The summed E-state index contributed by atoms with van der Waals surface area (Å²) in [6, 6.07) is 0. The van der Waals surface area contributed by atoms with E-state index >= 15 is 0 Å². The average molecular weight is 153 g/mol. The minimum absolute atomic E-state index is 0.122. The van der Waals surface area contributed by atoms with Gasteiger partial charge in [0.15, 0.2) is 0 Å². The van der Waals surface area contributed by atoms with Crippen molar-refractivity contribution >= 4 is 5.71 Å². The summed E-state index contributed by atoms with van der Waals surface area (Å²) in [7, 11) is 0. The molecule has 0 bridgehead atoms. The molecule has 0 N–H and O–H groups in total. The highest BCUT2D eigenvalue weighted by molar-refractivity contribution is 5.87. The number of hydrogen-bond acceptors (Lipinski definition) is 1. The van der Waals surface area contributed by atoms with Gasteiger partial charge in [0, 0.05) is 11.6 Å². The molecule has 1 heteroatoms. The zero-order chi connectivity index (χ0) is 8.86. The largest absolute Gasteiger partial charge is 0.287 e. The minimum Gasteiger partial charge on any atom is -0.287 e. The molecule has 1 heterocycles. The van der Waals surface area contributed by atoms with Gasteiger partial charge in [-0.25, -0.2) is 0 Å². The molecule has 0 aliphatic carbocycles. The fourth-order valence-corrected chi connectivity index (χ4v) is 1.73. The first kappa shape index (κ1) is 8.76. The van der Waals surface area contributed by atoms with Crippen molar-refractivity contribution in [3.8, 4) is 0 Å². The molecular formula is C10H19N. The van der Waals surface area contributed by atoms with Crippen molar-refractivity contribution in [3.63, 3.8) is 0 Å². The van der Waals surface area contributed by atoms with Gasteiger partial charge in [-0.2, -0.15) is 0 Å². The summed E-state index contributed by atoms with van der Waals surface area (Å²) in [6.45, 7) is 13.5. The zero-order valence-electron chi connectivity index (χ0n) is 8.52. The number of aliphatic imine (C=N–C) groups is 1. The molecule has 0 aromatic rings. The molecule has 0 aromatic heterocycles. The molecule has 0 saturated carbocycles. The molecule has 0 radical (unpaired) electrons. The normalized spacial score (nSPS) is 33.6. The average Bonchev–Trinajstić information content (AvgIpc) is 1.93. The number of hydrogen-bond donors (Lipinski definition) is 0. The third-order valence-electron chi connectivity index (χ3n) is 3.74. The molecular weight excluding hydrogens is 134 g/mol. The minimum atomic E-state index is 0.122. The summed E-state index contributed by atoms with van der Waals surface area (Å²) in [5.74, 6) is 0.623. The van der Waals surface area contributed by atoms with Gasteiger partial charge in [0.1, 0.15) is 0 Å². The van der Waals surface area contributed by atoms with Gasteiger partial charge in [-0.1, -0.05) is 20.8 Å². The fraction of sp³-hybridized carbons (Fsp3) is 0.900. The molecule has 0 spiro atoms. The van der Waals surface area contributed by atoms with E-state index in [9.17, 15) is 0 Å². The highest BCUT2D eigenvalue weighted by atomic mass is 14.9. The summed E-state index contributed by atoms with van der Waals surface area (Å²) >= 11 is 0. The van der Waals surface area contributed by atoms with Crippen molar-refractivity contribution in [2.24, 2.45) is 16.3 Å². The van der Waals surface area contributed by atoms with E-state index in [-0.39, 0.29) is 5.54 Å². The van der Waals surface area contributed by atoms with Crippen LogP contribution in [0.2, 0.25) is 0 Å². The van der Waals surface area contributed by atoms with Crippen LogP contribution in [0, 0.1) is 11.3 Å². The Labute approximate surface area is 69.9 Å². The van der Waals surface area contributed by atoms with Gasteiger partial charge in [-0.3, -0.25) is 4.99 Å². The van der Waals surface area contributed by atoms with Crippen molar-refractivity contribution in [2.45, 2.75) is 47.1 Å². The van der Waals surface area contributed by atoms with E-state index in [0.717, 1.165) is 0 Å². The Morgan fingerprint density at radius 2 is 1.64 bits per heavy atom. The fourth-order valence-electron chi connectivity index (χ4n) is 1.73. The second-order valence-corrected chi connectivity index (χ2v) is 4.76. The van der Waals surface area contributed by atoms with E-state index < -0.39 is 0 Å². The summed E-state index contributed by atoms with van der Waals surface area (Å²) in [6.07, 6.45) is 0. The van der Waals surface area contributed by atoms with Crippen molar-refractivity contribution < 1.29 is 0 Å². The van der Waals surface area contributed by atoms with Gasteiger partial charge >= 0.3 is 0 Å². The maximum Gasteiger partial charge on any atom is 0.0608 e. The van der Waals surface area contributed by atoms with Crippen LogP contribution in [0.5, 0.6) is 0 Å². The molecule has 0 aromatic carbocycles. The highest BCUT2D eigenvalue weighted by Crippen LogP contribution is 2.46. The second-order valence-electron chi connectivity index (χ2n) is 4.76. The van der Waals surface area contributed by atoms with Crippen LogP contribution in [0.3, 0.4) is 0 Å². The summed E-state index contributed by atoms with van der Waals surface area (Å²) < 4.78 is 0. The first-order chi connectivity index (χ1) is 4.79. The SMILES string of the molecule is CC1=NC(C)(C)C(C)(C)C1C. The number of nitrogens with zero attached hydrogens (tertiary/aromatic N) is 1. The van der Waals surface area contributed by atoms with Gasteiger partial charge in [-0.05, 0) is 26.2 Å². The molecule has 1 rings (SSSR count). The van der Waals surface area contributed by atoms with E-state index in [1.165, 1.54) is 5.71 Å². The monoisotopic (exact) mass is 153 g/mol. The third kappa shape index (κ3) is 1.02. The van der Waals surface area contributed by atoms with Gasteiger partial charge in [0.2, 0.25) is 0 Å². The molecule has 11 heavy (non-hydrogen) atoms. The Bertz CT molecular complexity index is 199. The standard InChI is InChI=1S/C10H19N/c1-7-8(2)11-10(5,6)9(7,3)4/h7H,1-6H3. The second kappa shape index (κ2) is 2.09. The van der Waals surface area contributed by atoms with Crippen LogP contribution in [-0.4, -0.2) is 11.3 Å². The summed E-state index contributed by atoms with van der Waals surface area (Å²) in [5, 5.41) is 0. The quantitative estimate of drug-likeness (QED) is 0.507. The number of rotatable bonds is 0. The van der Waals surface area contributed by atoms with Crippen LogP contribution in [0.15, 0.2) is 4.99 Å². The smallest absolute Gasteiger partial charge is 0.0608 e. The van der Waals surface area contributed by atoms with Gasteiger partial charge < -0.3 is 0 Å². The predicted molar refractivity (Wildman–Crippen MR) is 50.1 cm³/mol. The van der Waals surface area contributed by atoms with Crippen molar-refractivity contribution in [2.75, 3.05) is 0 Å². The topological polar surface area (TPSA) is 12.4 Å². The van der Waals surface area contributed by atoms with E-state index in [1.807, 2.05) is 0 Å².